The van der Waals surface area contributed by atoms with Crippen molar-refractivity contribution in [3.8, 4) is 0 Å². The van der Waals surface area contributed by atoms with Crippen LogP contribution in [0.15, 0.2) is 30.5 Å². The first-order valence-corrected chi connectivity index (χ1v) is 5.92. The van der Waals surface area contributed by atoms with Crippen LogP contribution in [-0.4, -0.2) is 10.9 Å². The van der Waals surface area contributed by atoms with E-state index in [1.165, 1.54) is 12.3 Å². The molecule has 0 spiro atoms. The molecule has 1 heterocycles. The quantitative estimate of drug-likeness (QED) is 0.905. The van der Waals surface area contributed by atoms with Crippen molar-refractivity contribution in [1.29, 1.82) is 0 Å². The van der Waals surface area contributed by atoms with Gasteiger partial charge in [0.25, 0.3) is 0 Å². The number of hydrogen-bond acceptors (Lipinski definition) is 3. The molecule has 0 atom stereocenters. The van der Waals surface area contributed by atoms with Gasteiger partial charge in [-0.3, -0.25) is 4.79 Å². The van der Waals surface area contributed by atoms with E-state index < -0.39 is 24.0 Å². The van der Waals surface area contributed by atoms with Crippen molar-refractivity contribution in [2.24, 2.45) is 0 Å². The van der Waals surface area contributed by atoms with Gasteiger partial charge in [-0.05, 0) is 30.7 Å². The third-order valence-corrected chi connectivity index (χ3v) is 2.82. The molecule has 0 fully saturated rings. The molecule has 1 amide bonds. The Morgan fingerprint density at radius 1 is 1.35 bits per heavy atom. The van der Waals surface area contributed by atoms with Gasteiger partial charge in [-0.25, -0.2) is 13.8 Å². The van der Waals surface area contributed by atoms with Crippen molar-refractivity contribution in [1.82, 2.24) is 4.98 Å². The Balaban J connectivity index is 2.11. The molecule has 0 radical (unpaired) electrons. The van der Waals surface area contributed by atoms with E-state index in [-0.39, 0.29) is 5.56 Å². The normalized spacial score (nSPS) is 10.3. The number of nitrogens with zero attached hydrogens (tertiary/aromatic N) is 1. The molecule has 0 aliphatic carbocycles. The van der Waals surface area contributed by atoms with E-state index in [0.29, 0.717) is 11.5 Å². The number of aromatic nitrogens is 1. The Morgan fingerprint density at radius 2 is 2.00 bits per heavy atom. The minimum atomic E-state index is -0.749. The van der Waals surface area contributed by atoms with Gasteiger partial charge in [0.05, 0.1) is 18.3 Å². The first-order chi connectivity index (χ1) is 9.47. The molecule has 20 heavy (non-hydrogen) atoms. The number of amides is 1. The molecule has 2 aromatic rings. The average Bonchev–Trinajstić information content (AvgIpc) is 2.38. The van der Waals surface area contributed by atoms with Crippen molar-refractivity contribution >= 4 is 17.4 Å². The Kier molecular flexibility index (Phi) is 3.93. The Hall–Kier alpha value is -2.50. The van der Waals surface area contributed by atoms with Crippen LogP contribution in [0.2, 0.25) is 0 Å². The summed E-state index contributed by atoms with van der Waals surface area (Å²) in [6, 6.07) is 5.05. The van der Waals surface area contributed by atoms with E-state index in [4.69, 9.17) is 5.73 Å². The van der Waals surface area contributed by atoms with Gasteiger partial charge in [-0.15, -0.1) is 0 Å². The van der Waals surface area contributed by atoms with Crippen molar-refractivity contribution in [2.75, 3.05) is 11.1 Å². The predicted octanol–water partition coefficient (Wildman–Crippen LogP) is 2.43. The minimum Gasteiger partial charge on any atom is -0.397 e. The maximum atomic E-state index is 13.4. The summed E-state index contributed by atoms with van der Waals surface area (Å²) in [5, 5.41) is 2.47. The predicted molar refractivity (Wildman–Crippen MR) is 72.1 cm³/mol. The summed E-state index contributed by atoms with van der Waals surface area (Å²) in [7, 11) is 0. The number of anilines is 2. The number of carbonyl (C=O) groups excluding carboxylic acids is 1. The van der Waals surface area contributed by atoms with Crippen LogP contribution in [0.3, 0.4) is 0 Å². The van der Waals surface area contributed by atoms with Gasteiger partial charge in [0.1, 0.15) is 17.5 Å². The topological polar surface area (TPSA) is 68.0 Å². The summed E-state index contributed by atoms with van der Waals surface area (Å²) < 4.78 is 26.8. The molecule has 1 aromatic heterocycles. The monoisotopic (exact) mass is 277 g/mol. The largest absolute Gasteiger partial charge is 0.397 e. The highest BCUT2D eigenvalue weighted by atomic mass is 19.1. The molecule has 3 N–H and O–H groups in total. The molecule has 104 valence electrons. The number of pyridine rings is 1. The fraction of sp³-hybridized carbons (Fsp3) is 0.143. The second-order valence-corrected chi connectivity index (χ2v) is 4.35. The zero-order valence-corrected chi connectivity index (χ0v) is 10.8. The molecular weight excluding hydrogens is 264 g/mol. The summed E-state index contributed by atoms with van der Waals surface area (Å²) in [6.07, 6.45) is 1.01. The second-order valence-electron chi connectivity index (χ2n) is 4.35. The van der Waals surface area contributed by atoms with Crippen LogP contribution < -0.4 is 11.1 Å². The first kappa shape index (κ1) is 13.9. The van der Waals surface area contributed by atoms with Gasteiger partial charge in [0, 0.05) is 5.56 Å². The number of carbonyl (C=O) groups is 1. The van der Waals surface area contributed by atoms with Crippen LogP contribution in [0.5, 0.6) is 0 Å². The molecule has 2 rings (SSSR count). The maximum Gasteiger partial charge on any atom is 0.230 e. The van der Waals surface area contributed by atoms with E-state index in [9.17, 15) is 13.6 Å². The van der Waals surface area contributed by atoms with Crippen LogP contribution in [0.4, 0.5) is 20.3 Å². The highest BCUT2D eigenvalue weighted by molar-refractivity contribution is 5.91. The lowest BCUT2D eigenvalue weighted by atomic mass is 10.1. The summed E-state index contributed by atoms with van der Waals surface area (Å²) >= 11 is 0. The lowest BCUT2D eigenvalue weighted by Crippen LogP contribution is -2.17. The first-order valence-electron chi connectivity index (χ1n) is 5.92. The number of halogens is 2. The lowest BCUT2D eigenvalue weighted by molar-refractivity contribution is -0.115. The molecule has 0 aliphatic heterocycles. The molecule has 1 aromatic carbocycles. The fourth-order valence-corrected chi connectivity index (χ4v) is 1.68. The Morgan fingerprint density at radius 3 is 2.60 bits per heavy atom. The van der Waals surface area contributed by atoms with Gasteiger partial charge in [0.15, 0.2) is 0 Å². The molecule has 0 aliphatic rings. The summed E-state index contributed by atoms with van der Waals surface area (Å²) in [4.78, 5) is 15.7. The van der Waals surface area contributed by atoms with Crippen molar-refractivity contribution in [2.45, 2.75) is 13.3 Å². The smallest absolute Gasteiger partial charge is 0.230 e. The van der Waals surface area contributed by atoms with Gasteiger partial charge >= 0.3 is 0 Å². The van der Waals surface area contributed by atoms with Gasteiger partial charge < -0.3 is 11.1 Å². The maximum absolute atomic E-state index is 13.4. The average molecular weight is 277 g/mol. The van der Waals surface area contributed by atoms with Crippen LogP contribution in [0.25, 0.3) is 0 Å². The van der Waals surface area contributed by atoms with Gasteiger partial charge in [0.2, 0.25) is 5.91 Å². The number of aryl methyl sites for hydroxylation is 1. The van der Waals surface area contributed by atoms with E-state index in [1.54, 1.807) is 13.0 Å². The molecule has 0 saturated heterocycles. The molecular formula is C14H13F2N3O. The molecule has 6 heteroatoms. The Labute approximate surface area is 114 Å². The Bertz CT molecular complexity index is 639. The third-order valence-electron chi connectivity index (χ3n) is 2.82. The highest BCUT2D eigenvalue weighted by Gasteiger charge is 2.13. The van der Waals surface area contributed by atoms with E-state index >= 15 is 0 Å². The van der Waals surface area contributed by atoms with Crippen molar-refractivity contribution in [3.05, 3.63) is 53.2 Å². The lowest BCUT2D eigenvalue weighted by Gasteiger charge is -2.07. The number of hydrogen-bond donors (Lipinski definition) is 2. The number of benzene rings is 1. The standard InChI is InChI=1S/C14H13F2N3O/c1-8-5-13(18-7-12(8)17)19-14(20)6-9-10(15)3-2-4-11(9)16/h2-5,7H,6,17H2,1H3,(H,18,19,20). The second kappa shape index (κ2) is 5.64. The van der Waals surface area contributed by atoms with Crippen LogP contribution in [-0.2, 0) is 11.2 Å². The van der Waals surface area contributed by atoms with E-state index in [2.05, 4.69) is 10.3 Å². The molecule has 0 unspecified atom stereocenters. The zero-order chi connectivity index (χ0) is 14.7. The van der Waals surface area contributed by atoms with Crippen LogP contribution in [0.1, 0.15) is 11.1 Å². The molecule has 0 saturated carbocycles. The highest BCUT2D eigenvalue weighted by Crippen LogP contribution is 2.15. The number of nitrogens with two attached hydrogens (primary N) is 1. The summed E-state index contributed by atoms with van der Waals surface area (Å²) in [6.45, 7) is 1.77. The third kappa shape index (κ3) is 3.09. The number of rotatable bonds is 3. The van der Waals surface area contributed by atoms with Gasteiger partial charge in [-0.2, -0.15) is 0 Å². The van der Waals surface area contributed by atoms with Gasteiger partial charge in [-0.1, -0.05) is 6.07 Å². The van der Waals surface area contributed by atoms with Crippen LogP contribution >= 0.6 is 0 Å². The SMILES string of the molecule is Cc1cc(NC(=O)Cc2c(F)cccc2F)ncc1N. The zero-order valence-electron chi connectivity index (χ0n) is 10.8. The number of nitrogen functional groups attached to an aromatic ring is 1. The summed E-state index contributed by atoms with van der Waals surface area (Å²) in [5.41, 5.74) is 6.60. The molecule has 4 nitrogen and oxygen atoms in total. The van der Waals surface area contributed by atoms with E-state index in [0.717, 1.165) is 17.7 Å². The van der Waals surface area contributed by atoms with Crippen molar-refractivity contribution in [3.63, 3.8) is 0 Å². The summed E-state index contributed by atoms with van der Waals surface area (Å²) in [5.74, 6) is -1.76. The fourth-order valence-electron chi connectivity index (χ4n) is 1.68. The van der Waals surface area contributed by atoms with Crippen LogP contribution in [0, 0.1) is 18.6 Å². The van der Waals surface area contributed by atoms with E-state index in [1.807, 2.05) is 0 Å². The number of nitrogens with one attached hydrogen (secondary N) is 1. The molecule has 0 bridgehead atoms. The van der Waals surface area contributed by atoms with Crippen molar-refractivity contribution < 1.29 is 13.6 Å². The minimum absolute atomic E-state index is 0.267.